The summed E-state index contributed by atoms with van der Waals surface area (Å²) in [6.45, 7) is 1.19. The highest BCUT2D eigenvalue weighted by atomic mass is 79.9. The number of methoxy groups -OCH3 is 1. The molecule has 0 N–H and O–H groups in total. The molecule has 0 aliphatic carbocycles. The molecule has 2 heterocycles. The first kappa shape index (κ1) is 17.5. The van der Waals surface area contributed by atoms with Gasteiger partial charge in [-0.2, -0.15) is 0 Å². The zero-order valence-corrected chi connectivity index (χ0v) is 15.4. The smallest absolute Gasteiger partial charge is 0.260 e. The predicted molar refractivity (Wildman–Crippen MR) is 96.0 cm³/mol. The first-order valence-electron chi connectivity index (χ1n) is 7.97. The number of aromatic nitrogens is 1. The third-order valence-corrected chi connectivity index (χ3v) is 4.53. The van der Waals surface area contributed by atoms with E-state index < -0.39 is 0 Å². The van der Waals surface area contributed by atoms with Gasteiger partial charge in [-0.15, -0.1) is 0 Å². The lowest BCUT2D eigenvalue weighted by molar-refractivity contribution is -0.132. The fourth-order valence-corrected chi connectivity index (χ4v) is 2.92. The first-order chi connectivity index (χ1) is 12.2. The van der Waals surface area contributed by atoms with E-state index in [0.29, 0.717) is 24.7 Å². The van der Waals surface area contributed by atoms with Crippen LogP contribution in [0.15, 0.2) is 47.1 Å². The number of halogens is 1. The number of ether oxygens (including phenoxy) is 3. The molecule has 25 heavy (non-hydrogen) atoms. The quantitative estimate of drug-likeness (QED) is 0.737. The van der Waals surface area contributed by atoms with Crippen LogP contribution >= 0.6 is 15.9 Å². The maximum atomic E-state index is 12.3. The van der Waals surface area contributed by atoms with Crippen LogP contribution in [0, 0.1) is 0 Å². The Morgan fingerprint density at radius 2 is 2.04 bits per heavy atom. The number of benzene rings is 1. The summed E-state index contributed by atoms with van der Waals surface area (Å²) in [5, 5.41) is 0. The van der Waals surface area contributed by atoms with Crippen LogP contribution in [0.2, 0.25) is 0 Å². The van der Waals surface area contributed by atoms with Gasteiger partial charge in [0.05, 0.1) is 18.1 Å². The summed E-state index contributed by atoms with van der Waals surface area (Å²) in [7, 11) is 1.61. The number of carbonyl (C=O) groups is 1. The molecular weight excluding hydrogens is 388 g/mol. The molecule has 132 valence electrons. The average molecular weight is 407 g/mol. The van der Waals surface area contributed by atoms with E-state index in [1.165, 1.54) is 0 Å². The second-order valence-electron chi connectivity index (χ2n) is 5.62. The lowest BCUT2D eigenvalue weighted by Gasteiger charge is -2.17. The van der Waals surface area contributed by atoms with E-state index in [-0.39, 0.29) is 18.6 Å². The van der Waals surface area contributed by atoms with Crippen molar-refractivity contribution in [2.45, 2.75) is 12.5 Å². The van der Waals surface area contributed by atoms with E-state index in [2.05, 4.69) is 20.9 Å². The van der Waals surface area contributed by atoms with Crippen LogP contribution in [-0.4, -0.2) is 48.7 Å². The van der Waals surface area contributed by atoms with Crippen molar-refractivity contribution >= 4 is 21.8 Å². The van der Waals surface area contributed by atoms with E-state index in [4.69, 9.17) is 14.2 Å². The number of rotatable bonds is 6. The molecule has 1 unspecified atom stereocenters. The van der Waals surface area contributed by atoms with E-state index in [1.807, 2.05) is 12.1 Å². The predicted octanol–water partition coefficient (Wildman–Crippen LogP) is 2.91. The highest BCUT2D eigenvalue weighted by Gasteiger charge is 2.28. The molecule has 1 saturated heterocycles. The van der Waals surface area contributed by atoms with Gasteiger partial charge in [-0.05, 0) is 52.3 Å². The molecule has 1 fully saturated rings. The molecule has 2 aromatic rings. The molecule has 6 nitrogen and oxygen atoms in total. The van der Waals surface area contributed by atoms with Crippen LogP contribution < -0.4 is 14.2 Å². The molecule has 0 radical (unpaired) electrons. The number of carbonyl (C=O) groups excluding carboxylic acids is 1. The average Bonchev–Trinajstić information content (AvgIpc) is 3.11. The second-order valence-corrected chi connectivity index (χ2v) is 6.48. The van der Waals surface area contributed by atoms with Crippen LogP contribution in [0.25, 0.3) is 0 Å². The number of likely N-dealkylation sites (tertiary alicyclic amines) is 1. The highest BCUT2D eigenvalue weighted by molar-refractivity contribution is 9.10. The summed E-state index contributed by atoms with van der Waals surface area (Å²) in [5.41, 5.74) is 0. The summed E-state index contributed by atoms with van der Waals surface area (Å²) in [6, 6.07) is 10.9. The van der Waals surface area contributed by atoms with Crippen molar-refractivity contribution in [2.24, 2.45) is 0 Å². The van der Waals surface area contributed by atoms with Gasteiger partial charge < -0.3 is 19.1 Å². The van der Waals surface area contributed by atoms with E-state index in [1.54, 1.807) is 42.5 Å². The van der Waals surface area contributed by atoms with Crippen LogP contribution in [0.3, 0.4) is 0 Å². The van der Waals surface area contributed by atoms with Gasteiger partial charge in [0, 0.05) is 19.2 Å². The Bertz CT molecular complexity index is 723. The van der Waals surface area contributed by atoms with Gasteiger partial charge in [0.15, 0.2) is 6.61 Å². The minimum atomic E-state index is -0.0591. The molecule has 0 spiro atoms. The molecule has 7 heteroatoms. The van der Waals surface area contributed by atoms with Gasteiger partial charge in [-0.3, -0.25) is 4.79 Å². The molecule has 1 aromatic heterocycles. The summed E-state index contributed by atoms with van der Waals surface area (Å²) >= 11 is 3.41. The molecule has 0 saturated carbocycles. The Morgan fingerprint density at radius 1 is 1.28 bits per heavy atom. The fraction of sp³-hybridized carbons (Fsp3) is 0.333. The second kappa shape index (κ2) is 8.20. The topological polar surface area (TPSA) is 60.9 Å². The monoisotopic (exact) mass is 406 g/mol. The molecule has 1 amide bonds. The first-order valence-corrected chi connectivity index (χ1v) is 8.77. The van der Waals surface area contributed by atoms with Crippen molar-refractivity contribution in [1.82, 2.24) is 9.88 Å². The Balaban J connectivity index is 1.48. The largest absolute Gasteiger partial charge is 0.497 e. The Kier molecular flexibility index (Phi) is 5.75. The van der Waals surface area contributed by atoms with Crippen molar-refractivity contribution in [3.63, 3.8) is 0 Å². The third-order valence-electron chi connectivity index (χ3n) is 3.92. The minimum Gasteiger partial charge on any atom is -0.497 e. The normalized spacial score (nSPS) is 16.6. The Hall–Kier alpha value is -2.28. The number of amides is 1. The maximum Gasteiger partial charge on any atom is 0.260 e. The van der Waals surface area contributed by atoms with Crippen LogP contribution in [0.4, 0.5) is 0 Å². The molecule has 3 rings (SSSR count). The van der Waals surface area contributed by atoms with E-state index in [9.17, 15) is 4.79 Å². The number of hydrogen-bond acceptors (Lipinski definition) is 5. The standard InChI is InChI=1S/C18H19BrN2O4/c1-23-13-4-6-14(7-5-13)24-12-17(22)21-10-8-15(11-21)25-18-16(19)3-2-9-20-18/h2-7,9,15H,8,10-12H2,1H3. The summed E-state index contributed by atoms with van der Waals surface area (Å²) in [5.74, 6) is 1.88. The van der Waals surface area contributed by atoms with Crippen molar-refractivity contribution in [3.8, 4) is 17.4 Å². The van der Waals surface area contributed by atoms with Gasteiger partial charge in [-0.1, -0.05) is 0 Å². The molecule has 1 aliphatic rings. The summed E-state index contributed by atoms with van der Waals surface area (Å²) in [4.78, 5) is 18.3. The third kappa shape index (κ3) is 4.63. The van der Waals surface area contributed by atoms with Gasteiger partial charge in [0.1, 0.15) is 17.6 Å². The van der Waals surface area contributed by atoms with Gasteiger partial charge in [0.2, 0.25) is 5.88 Å². The SMILES string of the molecule is COc1ccc(OCC(=O)N2CCC(Oc3ncccc3Br)C2)cc1. The molecular formula is C18H19BrN2O4. The van der Waals surface area contributed by atoms with Gasteiger partial charge in [-0.25, -0.2) is 4.98 Å². The minimum absolute atomic E-state index is 0.00628. The lowest BCUT2D eigenvalue weighted by atomic mass is 10.3. The van der Waals surface area contributed by atoms with Gasteiger partial charge >= 0.3 is 0 Å². The van der Waals surface area contributed by atoms with Crippen LogP contribution in [0.5, 0.6) is 17.4 Å². The zero-order chi connectivity index (χ0) is 17.6. The fourth-order valence-electron chi connectivity index (χ4n) is 2.58. The maximum absolute atomic E-state index is 12.3. The number of nitrogens with zero attached hydrogens (tertiary/aromatic N) is 2. The van der Waals surface area contributed by atoms with Crippen molar-refractivity contribution in [2.75, 3.05) is 26.8 Å². The molecule has 1 aromatic carbocycles. The van der Waals surface area contributed by atoms with Crippen molar-refractivity contribution in [1.29, 1.82) is 0 Å². The van der Waals surface area contributed by atoms with E-state index in [0.717, 1.165) is 16.6 Å². The van der Waals surface area contributed by atoms with E-state index >= 15 is 0 Å². The Morgan fingerprint density at radius 3 is 2.76 bits per heavy atom. The highest BCUT2D eigenvalue weighted by Crippen LogP contribution is 2.24. The number of pyridine rings is 1. The van der Waals surface area contributed by atoms with Crippen LogP contribution in [0.1, 0.15) is 6.42 Å². The molecule has 0 bridgehead atoms. The zero-order valence-electron chi connectivity index (χ0n) is 13.9. The summed E-state index contributed by atoms with van der Waals surface area (Å²) < 4.78 is 17.3. The number of hydrogen-bond donors (Lipinski definition) is 0. The van der Waals surface area contributed by atoms with Crippen LogP contribution in [-0.2, 0) is 4.79 Å². The lowest BCUT2D eigenvalue weighted by Crippen LogP contribution is -2.34. The van der Waals surface area contributed by atoms with Crippen molar-refractivity contribution in [3.05, 3.63) is 47.1 Å². The molecule has 1 aliphatic heterocycles. The molecule has 1 atom stereocenters. The Labute approximate surface area is 154 Å². The van der Waals surface area contributed by atoms with Gasteiger partial charge in [0.25, 0.3) is 5.91 Å². The summed E-state index contributed by atoms with van der Waals surface area (Å²) in [6.07, 6.45) is 2.40. The van der Waals surface area contributed by atoms with Crippen molar-refractivity contribution < 1.29 is 19.0 Å².